The summed E-state index contributed by atoms with van der Waals surface area (Å²) in [6, 6.07) is 8.30. The molecule has 5 rings (SSSR count). The summed E-state index contributed by atoms with van der Waals surface area (Å²) in [7, 11) is 4.67. The zero-order chi connectivity index (χ0) is 25.8. The molecule has 0 fully saturated rings. The van der Waals surface area contributed by atoms with Gasteiger partial charge in [0.15, 0.2) is 23.1 Å². The van der Waals surface area contributed by atoms with Crippen LogP contribution in [0.1, 0.15) is 38.3 Å². The number of allylic oxidation sites excluding steroid dienone is 2. The monoisotopic (exact) mass is 528 g/mol. The highest BCUT2D eigenvalue weighted by atomic mass is 35.5. The van der Waals surface area contributed by atoms with Crippen LogP contribution in [0.25, 0.3) is 11.4 Å². The maximum Gasteiger partial charge on any atom is 0.226 e. The van der Waals surface area contributed by atoms with Crippen molar-refractivity contribution in [2.75, 3.05) is 26.6 Å². The number of benzene rings is 2. The lowest BCUT2D eigenvalue weighted by Crippen LogP contribution is -2.36. The Kier molecular flexibility index (Phi) is 6.12. The molecule has 3 aromatic rings. The molecule has 2 heterocycles. The van der Waals surface area contributed by atoms with Crippen molar-refractivity contribution in [3.63, 3.8) is 0 Å². The molecule has 1 unspecified atom stereocenters. The van der Waals surface area contributed by atoms with Crippen LogP contribution >= 0.6 is 23.2 Å². The molecule has 0 saturated heterocycles. The lowest BCUT2D eigenvalue weighted by molar-refractivity contribution is -0.118. The molecule has 2 aliphatic rings. The third-order valence-corrected chi connectivity index (χ3v) is 7.05. The van der Waals surface area contributed by atoms with E-state index < -0.39 is 6.04 Å². The number of nitrogens with one attached hydrogen (secondary N) is 1. The summed E-state index contributed by atoms with van der Waals surface area (Å²) in [5.74, 6) is 2.43. The summed E-state index contributed by atoms with van der Waals surface area (Å²) in [5.41, 5.74) is 2.69. The fourth-order valence-corrected chi connectivity index (χ4v) is 5.45. The van der Waals surface area contributed by atoms with Gasteiger partial charge in [0.1, 0.15) is 6.04 Å². The number of methoxy groups -OCH3 is 3. The summed E-state index contributed by atoms with van der Waals surface area (Å²) >= 11 is 12.6. The predicted octanol–water partition coefficient (Wildman–Crippen LogP) is 5.94. The summed E-state index contributed by atoms with van der Waals surface area (Å²) in [6.07, 6.45) is 1.12. The number of carbonyl (C=O) groups excluding carboxylic acids is 1. The average molecular weight is 529 g/mol. The Hall–Kier alpha value is -3.23. The van der Waals surface area contributed by atoms with Gasteiger partial charge in [0, 0.05) is 28.3 Å². The number of halogens is 2. The molecular weight excluding hydrogens is 503 g/mol. The van der Waals surface area contributed by atoms with Gasteiger partial charge >= 0.3 is 0 Å². The van der Waals surface area contributed by atoms with E-state index in [4.69, 9.17) is 47.5 Å². The number of nitrogens with zero attached hydrogens (tertiary/aromatic N) is 3. The number of ketones is 1. The van der Waals surface area contributed by atoms with Crippen molar-refractivity contribution in [1.29, 1.82) is 0 Å². The molecule has 0 bridgehead atoms. The van der Waals surface area contributed by atoms with Crippen molar-refractivity contribution in [2.45, 2.75) is 32.7 Å². The van der Waals surface area contributed by atoms with E-state index in [0.717, 1.165) is 11.3 Å². The molecule has 10 heteroatoms. The lowest BCUT2D eigenvalue weighted by atomic mass is 9.73. The van der Waals surface area contributed by atoms with Gasteiger partial charge in [-0.15, -0.1) is 5.10 Å². The van der Waals surface area contributed by atoms with E-state index >= 15 is 0 Å². The van der Waals surface area contributed by atoms with Crippen LogP contribution in [0, 0.1) is 5.41 Å². The maximum absolute atomic E-state index is 13.6. The summed E-state index contributed by atoms with van der Waals surface area (Å²) < 4.78 is 18.4. The summed E-state index contributed by atoms with van der Waals surface area (Å²) in [6.45, 7) is 4.17. The van der Waals surface area contributed by atoms with Crippen molar-refractivity contribution in [3.8, 4) is 28.6 Å². The Morgan fingerprint density at radius 3 is 2.33 bits per heavy atom. The van der Waals surface area contributed by atoms with E-state index in [0.29, 0.717) is 63.0 Å². The Balaban J connectivity index is 1.74. The number of Topliss-reactive ketones (excluding diaryl/α,β-unsaturated/α-hetero) is 1. The SMILES string of the molecule is COc1cc(C2C3=C(CC(C)(C)CC3=O)Nc3nc(-c4ccc(Cl)cc4Cl)nn32)cc(OC)c1OC. The topological polar surface area (TPSA) is 87.5 Å². The van der Waals surface area contributed by atoms with Gasteiger partial charge in [-0.05, 0) is 47.7 Å². The van der Waals surface area contributed by atoms with Crippen LogP contribution in [-0.2, 0) is 4.79 Å². The van der Waals surface area contributed by atoms with Crippen molar-refractivity contribution >= 4 is 34.9 Å². The van der Waals surface area contributed by atoms with Gasteiger partial charge in [0.25, 0.3) is 0 Å². The third-order valence-electron chi connectivity index (χ3n) is 6.51. The molecule has 0 amide bonds. The summed E-state index contributed by atoms with van der Waals surface area (Å²) in [5, 5.41) is 9.13. The molecule has 36 heavy (non-hydrogen) atoms. The van der Waals surface area contributed by atoms with E-state index in [1.165, 1.54) is 0 Å². The first-order valence-corrected chi connectivity index (χ1v) is 12.2. The molecule has 1 aliphatic heterocycles. The highest BCUT2D eigenvalue weighted by molar-refractivity contribution is 6.36. The van der Waals surface area contributed by atoms with Crippen molar-refractivity contribution in [1.82, 2.24) is 14.8 Å². The van der Waals surface area contributed by atoms with Crippen molar-refractivity contribution < 1.29 is 19.0 Å². The molecule has 0 saturated carbocycles. The minimum atomic E-state index is -0.555. The van der Waals surface area contributed by atoms with Gasteiger partial charge in [-0.25, -0.2) is 4.68 Å². The number of ether oxygens (including phenoxy) is 3. The predicted molar refractivity (Wildman–Crippen MR) is 138 cm³/mol. The minimum Gasteiger partial charge on any atom is -0.493 e. The van der Waals surface area contributed by atoms with E-state index in [1.54, 1.807) is 44.2 Å². The molecule has 188 valence electrons. The van der Waals surface area contributed by atoms with E-state index in [-0.39, 0.29) is 11.2 Å². The fraction of sp³-hybridized carbons (Fsp3) is 0.346. The number of aromatic nitrogens is 3. The van der Waals surface area contributed by atoms with Crippen LogP contribution in [0.15, 0.2) is 41.6 Å². The second-order valence-corrected chi connectivity index (χ2v) is 10.5. The quantitative estimate of drug-likeness (QED) is 0.438. The standard InChI is InChI=1S/C26H26Cl2N4O4/c1-26(2)11-17-21(18(33)12-26)22(13-8-19(34-3)23(36-5)20(9-13)35-4)32-25(29-17)30-24(31-32)15-7-6-14(27)10-16(15)28/h6-10,22H,11-12H2,1-5H3,(H,29,30,31). The van der Waals surface area contributed by atoms with Crippen molar-refractivity contribution in [3.05, 3.63) is 57.2 Å². The second kappa shape index (κ2) is 9.01. The smallest absolute Gasteiger partial charge is 0.226 e. The zero-order valence-corrected chi connectivity index (χ0v) is 22.1. The molecule has 1 aliphatic carbocycles. The van der Waals surface area contributed by atoms with Crippen LogP contribution in [-0.4, -0.2) is 41.9 Å². The molecule has 8 nitrogen and oxygen atoms in total. The first-order chi connectivity index (χ1) is 17.2. The Morgan fingerprint density at radius 2 is 1.72 bits per heavy atom. The molecule has 2 aromatic carbocycles. The molecule has 0 radical (unpaired) electrons. The Morgan fingerprint density at radius 1 is 1.03 bits per heavy atom. The fourth-order valence-electron chi connectivity index (χ4n) is 4.96. The molecular formula is C26H26Cl2N4O4. The van der Waals surface area contributed by atoms with Crippen LogP contribution < -0.4 is 19.5 Å². The maximum atomic E-state index is 13.6. The second-order valence-electron chi connectivity index (χ2n) is 9.65. The third kappa shape index (κ3) is 4.08. The molecule has 1 aromatic heterocycles. The van der Waals surface area contributed by atoms with Crippen LogP contribution in [0.5, 0.6) is 17.2 Å². The Bertz CT molecular complexity index is 1390. The summed E-state index contributed by atoms with van der Waals surface area (Å²) in [4.78, 5) is 18.3. The zero-order valence-electron chi connectivity index (χ0n) is 20.6. The van der Waals surface area contributed by atoms with Crippen LogP contribution in [0.4, 0.5) is 5.95 Å². The normalized spacial score (nSPS) is 18.3. The van der Waals surface area contributed by atoms with E-state index in [2.05, 4.69) is 19.2 Å². The average Bonchev–Trinajstić information content (AvgIpc) is 3.24. The van der Waals surface area contributed by atoms with Crippen molar-refractivity contribution in [2.24, 2.45) is 5.41 Å². The van der Waals surface area contributed by atoms with Gasteiger partial charge in [-0.3, -0.25) is 4.79 Å². The number of hydrogen-bond donors (Lipinski definition) is 1. The number of rotatable bonds is 5. The van der Waals surface area contributed by atoms with Gasteiger partial charge in [-0.1, -0.05) is 37.0 Å². The largest absolute Gasteiger partial charge is 0.493 e. The van der Waals surface area contributed by atoms with Gasteiger partial charge < -0.3 is 19.5 Å². The highest BCUT2D eigenvalue weighted by Crippen LogP contribution is 2.48. The molecule has 1 atom stereocenters. The van der Waals surface area contributed by atoms with Gasteiger partial charge in [-0.2, -0.15) is 4.98 Å². The first-order valence-electron chi connectivity index (χ1n) is 11.4. The number of anilines is 1. The highest BCUT2D eigenvalue weighted by Gasteiger charge is 2.42. The van der Waals surface area contributed by atoms with Gasteiger partial charge in [0.05, 0.1) is 26.4 Å². The number of carbonyl (C=O) groups is 1. The Labute approximate surface area is 219 Å². The van der Waals surface area contributed by atoms with E-state index in [9.17, 15) is 4.79 Å². The number of fused-ring (bicyclic) bond motifs is 1. The van der Waals surface area contributed by atoms with Gasteiger partial charge in [0.2, 0.25) is 11.7 Å². The molecule has 1 N–H and O–H groups in total. The van der Waals surface area contributed by atoms with Crippen LogP contribution in [0.2, 0.25) is 10.0 Å². The van der Waals surface area contributed by atoms with E-state index in [1.807, 2.05) is 12.1 Å². The minimum absolute atomic E-state index is 0.0553. The molecule has 0 spiro atoms. The van der Waals surface area contributed by atoms with Crippen LogP contribution in [0.3, 0.4) is 0 Å². The lowest BCUT2D eigenvalue weighted by Gasteiger charge is -2.38. The first kappa shape index (κ1) is 24.5. The number of hydrogen-bond acceptors (Lipinski definition) is 7.